The number of hydrogen-bond acceptors (Lipinski definition) is 3. The summed E-state index contributed by atoms with van der Waals surface area (Å²) < 4.78 is 1.02. The van der Waals surface area contributed by atoms with Crippen molar-refractivity contribution in [3.63, 3.8) is 0 Å². The Hall–Kier alpha value is -0.880. The summed E-state index contributed by atoms with van der Waals surface area (Å²) in [5.74, 6) is 0.697. The minimum atomic E-state index is 0.124. The van der Waals surface area contributed by atoms with Crippen LogP contribution in [0.4, 0.5) is 5.95 Å². The van der Waals surface area contributed by atoms with Crippen molar-refractivity contribution in [1.82, 2.24) is 9.97 Å². The van der Waals surface area contributed by atoms with E-state index in [1.165, 1.54) is 0 Å². The van der Waals surface area contributed by atoms with Gasteiger partial charge in [0.15, 0.2) is 0 Å². The van der Waals surface area contributed by atoms with Crippen LogP contribution in [-0.4, -0.2) is 17.0 Å². The highest BCUT2D eigenvalue weighted by Crippen LogP contribution is 2.28. The highest BCUT2D eigenvalue weighted by Gasteiger charge is 2.16. The van der Waals surface area contributed by atoms with E-state index in [9.17, 15) is 0 Å². The lowest BCUT2D eigenvalue weighted by molar-refractivity contribution is 0.715. The lowest BCUT2D eigenvalue weighted by Gasteiger charge is -2.25. The van der Waals surface area contributed by atoms with Gasteiger partial charge in [0.1, 0.15) is 0 Å². The molecule has 0 aliphatic rings. The lowest BCUT2D eigenvalue weighted by Crippen LogP contribution is -2.23. The number of anilines is 1. The fourth-order valence-electron chi connectivity index (χ4n) is 1.68. The fraction of sp³-hybridized carbons (Fsp3) is 0.231. The molecule has 1 aromatic heterocycles. The minimum Gasteiger partial charge on any atom is -0.337 e. The summed E-state index contributed by atoms with van der Waals surface area (Å²) in [6, 6.07) is 7.96. The van der Waals surface area contributed by atoms with Gasteiger partial charge >= 0.3 is 0 Å². The predicted octanol–water partition coefficient (Wildman–Crippen LogP) is 3.93. The molecule has 0 fully saturated rings. The largest absolute Gasteiger partial charge is 0.337 e. The van der Waals surface area contributed by atoms with E-state index >= 15 is 0 Å². The fourth-order valence-corrected chi connectivity index (χ4v) is 2.26. The maximum atomic E-state index is 6.21. The second-order valence-electron chi connectivity index (χ2n) is 4.01. The molecule has 0 bridgehead atoms. The zero-order valence-corrected chi connectivity index (χ0v) is 13.1. The van der Waals surface area contributed by atoms with Gasteiger partial charge in [0, 0.05) is 28.0 Å². The van der Waals surface area contributed by atoms with Gasteiger partial charge in [-0.15, -0.1) is 0 Å². The molecule has 1 heterocycles. The normalized spacial score (nSPS) is 12.2. The monoisotopic (exact) mass is 373 g/mol. The first kappa shape index (κ1) is 13.5. The van der Waals surface area contributed by atoms with Gasteiger partial charge in [-0.25, -0.2) is 9.97 Å². The van der Waals surface area contributed by atoms with E-state index in [1.807, 2.05) is 36.2 Å². The lowest BCUT2D eigenvalue weighted by atomic mass is 10.1. The van der Waals surface area contributed by atoms with Crippen molar-refractivity contribution in [1.29, 1.82) is 0 Å². The third-order valence-corrected chi connectivity index (χ3v) is 3.76. The number of aromatic nitrogens is 2. The maximum Gasteiger partial charge on any atom is 0.225 e. The van der Waals surface area contributed by atoms with E-state index in [0.29, 0.717) is 5.95 Å². The quantitative estimate of drug-likeness (QED) is 0.763. The zero-order chi connectivity index (χ0) is 13.1. The Balaban J connectivity index is 2.26. The van der Waals surface area contributed by atoms with Crippen LogP contribution < -0.4 is 4.90 Å². The van der Waals surface area contributed by atoms with Gasteiger partial charge < -0.3 is 4.90 Å². The van der Waals surface area contributed by atoms with Crippen LogP contribution in [0.25, 0.3) is 0 Å². The van der Waals surface area contributed by atoms with Crippen molar-refractivity contribution in [2.24, 2.45) is 0 Å². The SMILES string of the molecule is CC(c1ccccc1Cl)N(C)c1ncc(I)cn1. The minimum absolute atomic E-state index is 0.124. The Morgan fingerprint density at radius 3 is 2.44 bits per heavy atom. The molecule has 1 aromatic carbocycles. The summed E-state index contributed by atoms with van der Waals surface area (Å²) >= 11 is 8.40. The highest BCUT2D eigenvalue weighted by atomic mass is 127. The second kappa shape index (κ2) is 5.84. The van der Waals surface area contributed by atoms with Crippen molar-refractivity contribution in [3.8, 4) is 0 Å². The van der Waals surface area contributed by atoms with Crippen LogP contribution in [0.2, 0.25) is 5.02 Å². The van der Waals surface area contributed by atoms with E-state index < -0.39 is 0 Å². The Morgan fingerprint density at radius 2 is 1.83 bits per heavy atom. The Morgan fingerprint density at radius 1 is 1.22 bits per heavy atom. The van der Waals surface area contributed by atoms with E-state index in [1.54, 1.807) is 12.4 Å². The number of rotatable bonds is 3. The van der Waals surface area contributed by atoms with Crippen LogP contribution >= 0.6 is 34.2 Å². The maximum absolute atomic E-state index is 6.21. The molecule has 0 saturated heterocycles. The molecular weight excluding hydrogens is 361 g/mol. The molecule has 0 saturated carbocycles. The van der Waals surface area contributed by atoms with Crippen molar-refractivity contribution in [2.45, 2.75) is 13.0 Å². The first-order valence-electron chi connectivity index (χ1n) is 5.54. The van der Waals surface area contributed by atoms with Crippen molar-refractivity contribution in [2.75, 3.05) is 11.9 Å². The molecule has 2 rings (SSSR count). The molecule has 5 heteroatoms. The molecule has 2 aromatic rings. The van der Waals surface area contributed by atoms with Crippen LogP contribution in [0.3, 0.4) is 0 Å². The molecule has 0 aliphatic heterocycles. The van der Waals surface area contributed by atoms with E-state index in [2.05, 4.69) is 39.5 Å². The summed E-state index contributed by atoms with van der Waals surface area (Å²) in [7, 11) is 1.97. The van der Waals surface area contributed by atoms with Crippen molar-refractivity contribution >= 4 is 40.1 Å². The average Bonchev–Trinajstić information content (AvgIpc) is 2.38. The molecule has 1 atom stereocenters. The topological polar surface area (TPSA) is 29.0 Å². The van der Waals surface area contributed by atoms with Gasteiger partial charge in [-0.1, -0.05) is 29.8 Å². The number of nitrogens with zero attached hydrogens (tertiary/aromatic N) is 3. The molecule has 0 spiro atoms. The molecular formula is C13H13ClIN3. The van der Waals surface area contributed by atoms with Gasteiger partial charge in [0.2, 0.25) is 5.95 Å². The molecule has 94 valence electrons. The molecule has 0 aliphatic carbocycles. The zero-order valence-electron chi connectivity index (χ0n) is 10.1. The van der Waals surface area contributed by atoms with Gasteiger partial charge in [-0.3, -0.25) is 0 Å². The van der Waals surface area contributed by atoms with Crippen LogP contribution in [0.1, 0.15) is 18.5 Å². The summed E-state index contributed by atoms with van der Waals surface area (Å²) in [5.41, 5.74) is 1.07. The van der Waals surface area contributed by atoms with Crippen LogP contribution in [0, 0.1) is 3.57 Å². The van der Waals surface area contributed by atoms with Crippen LogP contribution in [0.5, 0.6) is 0 Å². The molecule has 3 nitrogen and oxygen atoms in total. The van der Waals surface area contributed by atoms with E-state index in [-0.39, 0.29) is 6.04 Å². The highest BCUT2D eigenvalue weighted by molar-refractivity contribution is 14.1. The molecule has 0 radical (unpaired) electrons. The summed E-state index contributed by atoms with van der Waals surface area (Å²) in [6.45, 7) is 2.09. The third kappa shape index (κ3) is 2.92. The van der Waals surface area contributed by atoms with Crippen molar-refractivity contribution in [3.05, 3.63) is 50.8 Å². The Kier molecular flexibility index (Phi) is 4.40. The second-order valence-corrected chi connectivity index (χ2v) is 5.66. The Bertz CT molecular complexity index is 530. The summed E-state index contributed by atoms with van der Waals surface area (Å²) in [6.07, 6.45) is 3.61. The van der Waals surface area contributed by atoms with Gasteiger partial charge in [-0.2, -0.15) is 0 Å². The van der Waals surface area contributed by atoms with Gasteiger partial charge in [0.25, 0.3) is 0 Å². The Labute approximate surface area is 125 Å². The number of halogens is 2. The summed E-state index contributed by atoms with van der Waals surface area (Å²) in [5, 5.41) is 0.766. The number of benzene rings is 1. The van der Waals surface area contributed by atoms with Crippen LogP contribution in [0.15, 0.2) is 36.7 Å². The smallest absolute Gasteiger partial charge is 0.225 e. The standard InChI is InChI=1S/C13H13ClIN3/c1-9(11-5-3-4-6-12(11)14)18(2)13-16-7-10(15)8-17-13/h3-9H,1-2H3. The van der Waals surface area contributed by atoms with E-state index in [0.717, 1.165) is 14.2 Å². The van der Waals surface area contributed by atoms with Crippen LogP contribution in [-0.2, 0) is 0 Å². The predicted molar refractivity (Wildman–Crippen MR) is 83.0 cm³/mol. The van der Waals surface area contributed by atoms with Gasteiger partial charge in [0.05, 0.1) is 6.04 Å². The van der Waals surface area contributed by atoms with E-state index in [4.69, 9.17) is 11.6 Å². The molecule has 0 amide bonds. The molecule has 18 heavy (non-hydrogen) atoms. The van der Waals surface area contributed by atoms with Gasteiger partial charge in [-0.05, 0) is 41.1 Å². The third-order valence-electron chi connectivity index (χ3n) is 2.86. The average molecular weight is 374 g/mol. The molecule has 0 N–H and O–H groups in total. The first-order valence-corrected chi connectivity index (χ1v) is 7.00. The van der Waals surface area contributed by atoms with Crippen molar-refractivity contribution < 1.29 is 0 Å². The summed E-state index contributed by atoms with van der Waals surface area (Å²) in [4.78, 5) is 10.6. The molecule has 1 unspecified atom stereocenters. The number of hydrogen-bond donors (Lipinski definition) is 0. The first-order chi connectivity index (χ1) is 8.59.